The maximum absolute atomic E-state index is 12.9. The molecule has 1 aromatic rings. The average molecular weight is 185 g/mol. The van der Waals surface area contributed by atoms with E-state index in [9.17, 15) is 13.2 Å². The highest BCUT2D eigenvalue weighted by molar-refractivity contribution is 5.27. The van der Waals surface area contributed by atoms with Gasteiger partial charge >= 0.3 is 0 Å². The fourth-order valence-corrected chi connectivity index (χ4v) is 0.939. The Balaban J connectivity index is 3.25. The van der Waals surface area contributed by atoms with Crippen molar-refractivity contribution < 1.29 is 13.2 Å². The third-order valence-electron chi connectivity index (χ3n) is 1.70. The van der Waals surface area contributed by atoms with E-state index >= 15 is 0 Å². The monoisotopic (exact) mass is 185 g/mol. The molecule has 1 rings (SSSR count). The quantitative estimate of drug-likeness (QED) is 0.617. The van der Waals surface area contributed by atoms with E-state index in [0.29, 0.717) is 12.1 Å². The highest BCUT2D eigenvalue weighted by atomic mass is 19.2. The van der Waals surface area contributed by atoms with E-state index in [2.05, 4.69) is 0 Å². The van der Waals surface area contributed by atoms with Crippen molar-refractivity contribution >= 4 is 0 Å². The molecule has 0 aromatic heterocycles. The zero-order valence-corrected chi connectivity index (χ0v) is 6.81. The second-order valence-corrected chi connectivity index (χ2v) is 2.64. The van der Waals surface area contributed by atoms with Gasteiger partial charge in [0.15, 0.2) is 11.6 Å². The summed E-state index contributed by atoms with van der Waals surface area (Å²) in [7, 11) is 0. The molecular formula is C9H6F3N. The fourth-order valence-electron chi connectivity index (χ4n) is 0.939. The Morgan fingerprint density at radius 3 is 2.23 bits per heavy atom. The van der Waals surface area contributed by atoms with Crippen LogP contribution in [0.15, 0.2) is 12.1 Å². The van der Waals surface area contributed by atoms with Gasteiger partial charge in [-0.3, -0.25) is 0 Å². The topological polar surface area (TPSA) is 23.8 Å². The Bertz CT molecular complexity index is 368. The molecule has 0 N–H and O–H groups in total. The van der Waals surface area contributed by atoms with Gasteiger partial charge in [0.1, 0.15) is 5.82 Å². The molecule has 0 radical (unpaired) electrons. The van der Waals surface area contributed by atoms with Crippen molar-refractivity contribution in [2.24, 2.45) is 0 Å². The molecule has 13 heavy (non-hydrogen) atoms. The highest BCUT2D eigenvalue weighted by Crippen LogP contribution is 2.20. The summed E-state index contributed by atoms with van der Waals surface area (Å²) in [5, 5.41) is 8.44. The van der Waals surface area contributed by atoms with Crippen LogP contribution in [-0.2, 0) is 0 Å². The molecule has 0 aliphatic carbocycles. The molecule has 1 unspecified atom stereocenters. The zero-order valence-electron chi connectivity index (χ0n) is 6.81. The van der Waals surface area contributed by atoms with Gasteiger partial charge in [0.25, 0.3) is 0 Å². The minimum atomic E-state index is -1.24. The first-order chi connectivity index (χ1) is 6.06. The van der Waals surface area contributed by atoms with Crippen molar-refractivity contribution in [3.63, 3.8) is 0 Å². The Labute approximate surface area is 73.4 Å². The normalized spacial score (nSPS) is 12.2. The lowest BCUT2D eigenvalue weighted by atomic mass is 10.0. The summed E-state index contributed by atoms with van der Waals surface area (Å²) in [6.07, 6.45) is 0. The van der Waals surface area contributed by atoms with Gasteiger partial charge in [-0.1, -0.05) is 0 Å². The third kappa shape index (κ3) is 1.81. The molecule has 1 nitrogen and oxygen atoms in total. The molecule has 0 aliphatic heterocycles. The summed E-state index contributed by atoms with van der Waals surface area (Å²) < 4.78 is 37.9. The van der Waals surface area contributed by atoms with E-state index < -0.39 is 23.4 Å². The fraction of sp³-hybridized carbons (Fsp3) is 0.222. The summed E-state index contributed by atoms with van der Waals surface area (Å²) in [6.45, 7) is 1.41. The average Bonchev–Trinajstić information content (AvgIpc) is 2.10. The van der Waals surface area contributed by atoms with Crippen molar-refractivity contribution in [3.05, 3.63) is 35.1 Å². The predicted octanol–water partition coefficient (Wildman–Crippen LogP) is 2.73. The van der Waals surface area contributed by atoms with Crippen LogP contribution in [0.3, 0.4) is 0 Å². The SMILES string of the molecule is CC(C#N)c1cc(F)c(F)cc1F. The first kappa shape index (κ1) is 9.59. The molecule has 0 heterocycles. The maximum Gasteiger partial charge on any atom is 0.161 e. The van der Waals surface area contributed by atoms with Crippen molar-refractivity contribution in [3.8, 4) is 6.07 Å². The molecule has 68 valence electrons. The summed E-state index contributed by atoms with van der Waals surface area (Å²) in [6, 6.07) is 2.89. The van der Waals surface area contributed by atoms with Crippen molar-refractivity contribution in [1.82, 2.24) is 0 Å². The summed E-state index contributed by atoms with van der Waals surface area (Å²) >= 11 is 0. The van der Waals surface area contributed by atoms with Gasteiger partial charge in [-0.05, 0) is 13.0 Å². The molecular weight excluding hydrogens is 179 g/mol. The zero-order chi connectivity index (χ0) is 10.0. The molecule has 4 heteroatoms. The van der Waals surface area contributed by atoms with Gasteiger partial charge in [-0.2, -0.15) is 5.26 Å². The number of hydrogen-bond acceptors (Lipinski definition) is 1. The third-order valence-corrected chi connectivity index (χ3v) is 1.70. The van der Waals surface area contributed by atoms with E-state index in [-0.39, 0.29) is 5.56 Å². The lowest BCUT2D eigenvalue weighted by molar-refractivity contribution is 0.489. The van der Waals surface area contributed by atoms with Crippen LogP contribution in [-0.4, -0.2) is 0 Å². The van der Waals surface area contributed by atoms with Gasteiger partial charge in [-0.15, -0.1) is 0 Å². The van der Waals surface area contributed by atoms with Gasteiger partial charge in [-0.25, -0.2) is 13.2 Å². The smallest absolute Gasteiger partial charge is 0.161 e. The minimum Gasteiger partial charge on any atom is -0.207 e. The van der Waals surface area contributed by atoms with Crippen molar-refractivity contribution in [1.29, 1.82) is 5.26 Å². The van der Waals surface area contributed by atoms with Crippen LogP contribution >= 0.6 is 0 Å². The Kier molecular flexibility index (Phi) is 2.57. The highest BCUT2D eigenvalue weighted by Gasteiger charge is 2.14. The van der Waals surface area contributed by atoms with Gasteiger partial charge in [0, 0.05) is 11.6 Å². The van der Waals surface area contributed by atoms with Crippen LogP contribution in [0, 0.1) is 28.8 Å². The lowest BCUT2D eigenvalue weighted by Crippen LogP contribution is -1.98. The van der Waals surface area contributed by atoms with Crippen LogP contribution < -0.4 is 0 Å². The number of benzene rings is 1. The van der Waals surface area contributed by atoms with E-state index in [0.717, 1.165) is 0 Å². The predicted molar refractivity (Wildman–Crippen MR) is 40.3 cm³/mol. The first-order valence-electron chi connectivity index (χ1n) is 3.60. The van der Waals surface area contributed by atoms with Crippen LogP contribution in [0.5, 0.6) is 0 Å². The van der Waals surface area contributed by atoms with Crippen molar-refractivity contribution in [2.75, 3.05) is 0 Å². The van der Waals surface area contributed by atoms with Crippen LogP contribution in [0.4, 0.5) is 13.2 Å². The number of nitriles is 1. The molecule has 1 aromatic carbocycles. The lowest BCUT2D eigenvalue weighted by Gasteiger charge is -2.04. The molecule has 0 aliphatic rings. The van der Waals surface area contributed by atoms with E-state index in [1.807, 2.05) is 0 Å². The first-order valence-corrected chi connectivity index (χ1v) is 3.60. The van der Waals surface area contributed by atoms with Crippen LogP contribution in [0.1, 0.15) is 18.4 Å². The molecule has 0 saturated heterocycles. The Morgan fingerprint density at radius 1 is 1.15 bits per heavy atom. The van der Waals surface area contributed by atoms with Crippen LogP contribution in [0.25, 0.3) is 0 Å². The summed E-state index contributed by atoms with van der Waals surface area (Å²) in [4.78, 5) is 0. The van der Waals surface area contributed by atoms with Crippen LogP contribution in [0.2, 0.25) is 0 Å². The minimum absolute atomic E-state index is 0.124. The summed E-state index contributed by atoms with van der Waals surface area (Å²) in [5.74, 6) is -4.06. The molecule has 1 atom stereocenters. The maximum atomic E-state index is 12.9. The van der Waals surface area contributed by atoms with Gasteiger partial charge in [0.2, 0.25) is 0 Å². The molecule has 0 spiro atoms. The second kappa shape index (κ2) is 3.48. The van der Waals surface area contributed by atoms with Gasteiger partial charge < -0.3 is 0 Å². The van der Waals surface area contributed by atoms with E-state index in [4.69, 9.17) is 5.26 Å². The van der Waals surface area contributed by atoms with E-state index in [1.54, 1.807) is 6.07 Å². The standard InChI is InChI=1S/C9H6F3N/c1-5(4-13)6-2-8(11)9(12)3-7(6)10/h2-3,5H,1H3. The van der Waals surface area contributed by atoms with Crippen molar-refractivity contribution in [2.45, 2.75) is 12.8 Å². The Morgan fingerprint density at radius 2 is 1.69 bits per heavy atom. The van der Waals surface area contributed by atoms with E-state index in [1.165, 1.54) is 6.92 Å². The largest absolute Gasteiger partial charge is 0.207 e. The molecule has 0 bridgehead atoms. The number of rotatable bonds is 1. The number of hydrogen-bond donors (Lipinski definition) is 0. The van der Waals surface area contributed by atoms with Gasteiger partial charge in [0.05, 0.1) is 12.0 Å². The molecule has 0 saturated carbocycles. The Hall–Kier alpha value is -1.50. The molecule has 0 amide bonds. The number of halogens is 3. The molecule has 0 fully saturated rings. The summed E-state index contributed by atoms with van der Waals surface area (Å²) in [5.41, 5.74) is -0.124. The second-order valence-electron chi connectivity index (χ2n) is 2.64. The number of nitrogens with zero attached hydrogens (tertiary/aromatic N) is 1.